The van der Waals surface area contributed by atoms with E-state index in [0.29, 0.717) is 0 Å². The first-order chi connectivity index (χ1) is 8.74. The summed E-state index contributed by atoms with van der Waals surface area (Å²) in [5, 5.41) is 9.30. The standard InChI is InChI=1S/C11H21N2O.BF4/c1-3-4-5-6-7-12-8-9-13(10-12)11(2)14;2-1(3,4)5/h8-11,14H,3-7H2,1-2H3;/q+1;-1. The second-order valence-electron chi connectivity index (χ2n) is 4.29. The van der Waals surface area contributed by atoms with E-state index in [0.717, 1.165) is 6.54 Å². The van der Waals surface area contributed by atoms with Gasteiger partial charge >= 0.3 is 7.25 Å². The van der Waals surface area contributed by atoms with Gasteiger partial charge in [-0.15, -0.1) is 0 Å². The monoisotopic (exact) mass is 284 g/mol. The average Bonchev–Trinajstić information content (AvgIpc) is 2.71. The van der Waals surface area contributed by atoms with E-state index < -0.39 is 13.5 Å². The minimum absolute atomic E-state index is 0.424. The number of imidazole rings is 1. The molecule has 0 fully saturated rings. The Kier molecular flexibility index (Phi) is 8.46. The molecule has 0 bridgehead atoms. The number of rotatable bonds is 6. The highest BCUT2D eigenvalue weighted by Crippen LogP contribution is 2.06. The fourth-order valence-corrected chi connectivity index (χ4v) is 1.49. The number of aromatic nitrogens is 2. The van der Waals surface area contributed by atoms with Crippen molar-refractivity contribution in [2.45, 2.75) is 52.3 Å². The Labute approximate surface area is 111 Å². The molecule has 0 aliphatic carbocycles. The summed E-state index contributed by atoms with van der Waals surface area (Å²) in [4.78, 5) is 0. The van der Waals surface area contributed by atoms with Crippen LogP contribution in [0.15, 0.2) is 18.7 Å². The predicted molar refractivity (Wildman–Crippen MR) is 65.9 cm³/mol. The zero-order valence-corrected chi connectivity index (χ0v) is 11.3. The van der Waals surface area contributed by atoms with Crippen molar-refractivity contribution in [2.75, 3.05) is 0 Å². The van der Waals surface area contributed by atoms with Crippen LogP contribution < -0.4 is 4.57 Å². The van der Waals surface area contributed by atoms with Gasteiger partial charge in [-0.3, -0.25) is 0 Å². The van der Waals surface area contributed by atoms with Crippen LogP contribution in [0.4, 0.5) is 17.3 Å². The molecule has 0 spiro atoms. The molecule has 0 amide bonds. The molecule has 1 heterocycles. The zero-order chi connectivity index (χ0) is 14.9. The van der Waals surface area contributed by atoms with Crippen LogP contribution in [0.3, 0.4) is 0 Å². The predicted octanol–water partition coefficient (Wildman–Crippen LogP) is 3.17. The van der Waals surface area contributed by atoms with Crippen LogP contribution >= 0.6 is 0 Å². The van der Waals surface area contributed by atoms with E-state index in [9.17, 15) is 22.4 Å². The molecule has 3 nitrogen and oxygen atoms in total. The van der Waals surface area contributed by atoms with Gasteiger partial charge in [-0.05, 0) is 12.8 Å². The van der Waals surface area contributed by atoms with Crippen molar-refractivity contribution in [2.24, 2.45) is 0 Å². The fraction of sp³-hybridized carbons (Fsp3) is 0.727. The number of hydrogen-bond acceptors (Lipinski definition) is 1. The number of aryl methyl sites for hydroxylation is 1. The molecule has 0 aromatic carbocycles. The molecule has 112 valence electrons. The average molecular weight is 284 g/mol. The van der Waals surface area contributed by atoms with Crippen molar-refractivity contribution in [3.63, 3.8) is 0 Å². The fourth-order valence-electron chi connectivity index (χ4n) is 1.49. The van der Waals surface area contributed by atoms with Crippen LogP contribution in [0.2, 0.25) is 0 Å². The lowest BCUT2D eigenvalue weighted by Gasteiger charge is -1.98. The van der Waals surface area contributed by atoms with Gasteiger partial charge in [0.05, 0.1) is 6.54 Å². The summed E-state index contributed by atoms with van der Waals surface area (Å²) < 4.78 is 42.9. The second-order valence-corrected chi connectivity index (χ2v) is 4.29. The lowest BCUT2D eigenvalue weighted by molar-refractivity contribution is -0.697. The molecule has 0 saturated heterocycles. The van der Waals surface area contributed by atoms with Crippen molar-refractivity contribution in [1.82, 2.24) is 4.57 Å². The Morgan fingerprint density at radius 2 is 1.79 bits per heavy atom. The summed E-state index contributed by atoms with van der Waals surface area (Å²) in [6.07, 6.45) is 10.6. The third-order valence-electron chi connectivity index (χ3n) is 2.41. The minimum Gasteiger partial charge on any atom is -0.418 e. The number of hydrogen-bond donors (Lipinski definition) is 1. The smallest absolute Gasteiger partial charge is 0.418 e. The van der Waals surface area contributed by atoms with Crippen molar-refractivity contribution in [3.8, 4) is 0 Å². The van der Waals surface area contributed by atoms with E-state index in [1.54, 1.807) is 11.5 Å². The van der Waals surface area contributed by atoms with E-state index in [1.165, 1.54) is 25.7 Å². The highest BCUT2D eigenvalue weighted by atomic mass is 19.5. The van der Waals surface area contributed by atoms with Crippen LogP contribution in [0.25, 0.3) is 0 Å². The van der Waals surface area contributed by atoms with Gasteiger partial charge in [0.25, 0.3) is 0 Å². The third kappa shape index (κ3) is 11.8. The third-order valence-corrected chi connectivity index (χ3v) is 2.41. The quantitative estimate of drug-likeness (QED) is 0.369. The van der Waals surface area contributed by atoms with Crippen molar-refractivity contribution in [1.29, 1.82) is 0 Å². The lowest BCUT2D eigenvalue weighted by atomic mass is 10.2. The Bertz CT molecular complexity index is 336. The molecule has 1 atom stereocenters. The molecule has 1 N–H and O–H groups in total. The van der Waals surface area contributed by atoms with E-state index in [2.05, 4.69) is 11.5 Å². The molecule has 1 aromatic rings. The largest absolute Gasteiger partial charge is 0.673 e. The van der Waals surface area contributed by atoms with Gasteiger partial charge in [0.1, 0.15) is 12.4 Å². The Morgan fingerprint density at radius 3 is 2.21 bits per heavy atom. The number of aliphatic hydroxyl groups excluding tert-OH is 1. The topological polar surface area (TPSA) is 29.0 Å². The van der Waals surface area contributed by atoms with Crippen LogP contribution in [0, 0.1) is 0 Å². The highest BCUT2D eigenvalue weighted by molar-refractivity contribution is 6.50. The van der Waals surface area contributed by atoms with Gasteiger partial charge in [0.2, 0.25) is 6.33 Å². The van der Waals surface area contributed by atoms with E-state index in [4.69, 9.17) is 0 Å². The SMILES string of the molecule is CCCCCC[n+]1ccn(C(C)O)c1.F[B-](F)(F)F. The summed E-state index contributed by atoms with van der Waals surface area (Å²) in [6, 6.07) is 0. The van der Waals surface area contributed by atoms with E-state index >= 15 is 0 Å². The van der Waals surface area contributed by atoms with E-state index in [1.807, 2.05) is 18.7 Å². The minimum atomic E-state index is -6.00. The molecule has 1 aromatic heterocycles. The molecule has 8 heteroatoms. The molecule has 1 rings (SSSR count). The molecule has 0 aliphatic heterocycles. The van der Waals surface area contributed by atoms with Gasteiger partial charge in [0, 0.05) is 6.92 Å². The first-order valence-corrected chi connectivity index (χ1v) is 6.36. The van der Waals surface area contributed by atoms with Gasteiger partial charge in [-0.2, -0.15) is 0 Å². The lowest BCUT2D eigenvalue weighted by Crippen LogP contribution is -2.31. The number of aliphatic hydroxyl groups is 1. The summed E-state index contributed by atoms with van der Waals surface area (Å²) in [6.45, 7) is 5.04. The maximum Gasteiger partial charge on any atom is 0.673 e. The molecule has 19 heavy (non-hydrogen) atoms. The van der Waals surface area contributed by atoms with E-state index in [-0.39, 0.29) is 0 Å². The molecule has 0 saturated carbocycles. The van der Waals surface area contributed by atoms with Crippen LogP contribution in [0.5, 0.6) is 0 Å². The maximum atomic E-state index is 9.75. The summed E-state index contributed by atoms with van der Waals surface area (Å²) >= 11 is 0. The van der Waals surface area contributed by atoms with Crippen LogP contribution in [-0.4, -0.2) is 16.9 Å². The first kappa shape index (κ1) is 18.0. The van der Waals surface area contributed by atoms with Gasteiger partial charge in [0.15, 0.2) is 6.23 Å². The van der Waals surface area contributed by atoms with Crippen molar-refractivity contribution < 1.29 is 26.9 Å². The number of halogens is 4. The Morgan fingerprint density at radius 1 is 1.21 bits per heavy atom. The first-order valence-electron chi connectivity index (χ1n) is 6.36. The highest BCUT2D eigenvalue weighted by Gasteiger charge is 2.20. The summed E-state index contributed by atoms with van der Waals surface area (Å²) in [5.74, 6) is 0. The summed E-state index contributed by atoms with van der Waals surface area (Å²) in [5.41, 5.74) is 0. The van der Waals surface area contributed by atoms with Gasteiger partial charge in [-0.25, -0.2) is 9.13 Å². The Balaban J connectivity index is 0.000000555. The number of unbranched alkanes of at least 4 members (excludes halogenated alkanes) is 3. The summed E-state index contributed by atoms with van der Waals surface area (Å²) in [7, 11) is -6.00. The van der Waals surface area contributed by atoms with Gasteiger partial charge in [-0.1, -0.05) is 19.8 Å². The Hall–Kier alpha value is -1.05. The molecule has 1 unspecified atom stereocenters. The normalized spacial score (nSPS) is 12.8. The van der Waals surface area contributed by atoms with Crippen LogP contribution in [0.1, 0.15) is 45.8 Å². The molecule has 0 aliphatic rings. The molecular weight excluding hydrogens is 263 g/mol. The molecule has 0 radical (unpaired) electrons. The molecular formula is C11H21BF4N2O. The van der Waals surface area contributed by atoms with Crippen molar-refractivity contribution in [3.05, 3.63) is 18.7 Å². The maximum absolute atomic E-state index is 9.75. The van der Waals surface area contributed by atoms with Gasteiger partial charge < -0.3 is 22.4 Å². The van der Waals surface area contributed by atoms with Crippen molar-refractivity contribution >= 4 is 7.25 Å². The number of nitrogens with zero attached hydrogens (tertiary/aromatic N) is 2. The van der Waals surface area contributed by atoms with Crippen LogP contribution in [-0.2, 0) is 6.54 Å². The second kappa shape index (κ2) is 8.95. The zero-order valence-electron chi connectivity index (χ0n) is 11.3.